The van der Waals surface area contributed by atoms with Crippen LogP contribution < -0.4 is 11.1 Å². The summed E-state index contributed by atoms with van der Waals surface area (Å²) in [5, 5.41) is 22.2. The van der Waals surface area contributed by atoms with Crippen LogP contribution in [0.2, 0.25) is 0 Å². The third kappa shape index (κ3) is 8.62. The van der Waals surface area contributed by atoms with Crippen LogP contribution in [-0.4, -0.2) is 26.0 Å². The summed E-state index contributed by atoms with van der Waals surface area (Å²) in [7, 11) is 0. The molecule has 19 heteroatoms. The molecule has 2 aromatic carbocycles. The van der Waals surface area contributed by atoms with Crippen LogP contribution in [-0.2, 0) is 34.7 Å². The van der Waals surface area contributed by atoms with Gasteiger partial charge in [-0.05, 0) is 58.7 Å². The van der Waals surface area contributed by atoms with Crippen LogP contribution in [0, 0.1) is 20.2 Å². The first-order valence-electron chi connectivity index (χ1n) is 13.4. The Morgan fingerprint density at radius 3 is 1.29 bits per heavy atom. The molecule has 0 bridgehead atoms. The van der Waals surface area contributed by atoms with Gasteiger partial charge in [-0.15, -0.1) is 0 Å². The third-order valence-corrected chi connectivity index (χ3v) is 6.81. The predicted octanol–water partition coefficient (Wildman–Crippen LogP) is 6.34. The summed E-state index contributed by atoms with van der Waals surface area (Å²) in [6.45, 7) is 0. The van der Waals surface area contributed by atoms with Gasteiger partial charge in [-0.3, -0.25) is 29.8 Å². The molecule has 4 rings (SSSR count). The van der Waals surface area contributed by atoms with Gasteiger partial charge in [0.25, 0.3) is 22.5 Å². The first-order chi connectivity index (χ1) is 22.4. The Bertz CT molecular complexity index is 1800. The maximum Gasteiger partial charge on any atom is 0.509 e. The van der Waals surface area contributed by atoms with Gasteiger partial charge >= 0.3 is 18.5 Å². The Morgan fingerprint density at radius 1 is 0.667 bits per heavy atom. The molecule has 0 spiro atoms. The minimum atomic E-state index is -5.04. The summed E-state index contributed by atoms with van der Waals surface area (Å²) in [4.78, 5) is 61.3. The van der Waals surface area contributed by atoms with Gasteiger partial charge in [0.05, 0.1) is 9.85 Å². The number of nitro benzene ring substituents is 2. The van der Waals surface area contributed by atoms with Crippen molar-refractivity contribution in [1.29, 1.82) is 0 Å². The van der Waals surface area contributed by atoms with E-state index in [4.69, 9.17) is 9.47 Å². The molecule has 4 aromatic rings. The Balaban J connectivity index is 1.68. The summed E-state index contributed by atoms with van der Waals surface area (Å²) in [6.07, 6.45) is -13.8. The SMILES string of the molecule is O=C(OC(Cc1c[nH]c(=O)c(C(F)(F)F)c1)c1ccc([N+](=O)[O-])cc1)OC(Cc1c[nH]c(=O)c(C(F)(F)F)c1)c1ccc([N+](=O)[O-])cc1. The van der Waals surface area contributed by atoms with E-state index in [1.807, 2.05) is 9.97 Å². The number of halogens is 6. The van der Waals surface area contributed by atoms with E-state index < -0.39 is 75.6 Å². The number of carbonyl (C=O) groups excluding carboxylic acids is 1. The molecule has 0 aliphatic rings. The zero-order valence-corrected chi connectivity index (χ0v) is 23.8. The fourth-order valence-electron chi connectivity index (χ4n) is 4.48. The summed E-state index contributed by atoms with van der Waals surface area (Å²) < 4.78 is 91.0. The van der Waals surface area contributed by atoms with Crippen molar-refractivity contribution in [3.63, 3.8) is 0 Å². The van der Waals surface area contributed by atoms with Crippen molar-refractivity contribution in [2.45, 2.75) is 37.4 Å². The molecule has 2 atom stereocenters. The molecule has 2 unspecified atom stereocenters. The first kappa shape index (κ1) is 34.9. The Labute approximate surface area is 263 Å². The number of nitro groups is 2. The van der Waals surface area contributed by atoms with Gasteiger partial charge in [-0.1, -0.05) is 0 Å². The number of aromatic nitrogens is 2. The Kier molecular flexibility index (Phi) is 10.0. The largest absolute Gasteiger partial charge is 0.509 e. The molecule has 252 valence electrons. The number of hydrogen-bond donors (Lipinski definition) is 2. The van der Waals surface area contributed by atoms with Crippen molar-refractivity contribution in [2.24, 2.45) is 0 Å². The fourth-order valence-corrected chi connectivity index (χ4v) is 4.48. The van der Waals surface area contributed by atoms with E-state index in [0.717, 1.165) is 60.9 Å². The van der Waals surface area contributed by atoms with Gasteiger partial charge in [0.15, 0.2) is 0 Å². The highest BCUT2D eigenvalue weighted by molar-refractivity contribution is 5.61. The average molecular weight is 682 g/mol. The molecule has 2 aromatic heterocycles. The normalized spacial score (nSPS) is 13.0. The number of ether oxygens (including phenoxy) is 2. The molecule has 48 heavy (non-hydrogen) atoms. The number of aromatic amines is 2. The van der Waals surface area contributed by atoms with E-state index in [-0.39, 0.29) is 33.6 Å². The lowest BCUT2D eigenvalue weighted by Crippen LogP contribution is -2.23. The summed E-state index contributed by atoms with van der Waals surface area (Å²) >= 11 is 0. The number of pyridine rings is 2. The summed E-state index contributed by atoms with van der Waals surface area (Å²) in [6, 6.07) is 9.74. The molecule has 0 saturated carbocycles. The number of benzene rings is 2. The number of nitrogens with one attached hydrogen (secondary N) is 2. The van der Waals surface area contributed by atoms with Crippen molar-refractivity contribution in [3.05, 3.63) is 147 Å². The first-order valence-corrected chi connectivity index (χ1v) is 13.4. The molecule has 0 radical (unpaired) electrons. The van der Waals surface area contributed by atoms with Gasteiger partial charge in [0.2, 0.25) is 0 Å². The van der Waals surface area contributed by atoms with Gasteiger partial charge in [-0.2, -0.15) is 26.3 Å². The van der Waals surface area contributed by atoms with Crippen molar-refractivity contribution in [1.82, 2.24) is 9.97 Å². The minimum Gasteiger partial charge on any atom is -0.426 e. The van der Waals surface area contributed by atoms with Crippen molar-refractivity contribution >= 4 is 17.5 Å². The highest BCUT2D eigenvalue weighted by Gasteiger charge is 2.36. The number of hydrogen-bond acceptors (Lipinski definition) is 9. The van der Waals surface area contributed by atoms with E-state index >= 15 is 0 Å². The average Bonchev–Trinajstić information content (AvgIpc) is 3.01. The van der Waals surface area contributed by atoms with Crippen LogP contribution in [0.15, 0.2) is 82.6 Å². The van der Waals surface area contributed by atoms with Crippen LogP contribution in [0.3, 0.4) is 0 Å². The second-order valence-electron chi connectivity index (χ2n) is 10.1. The number of nitrogens with zero attached hydrogens (tertiary/aromatic N) is 2. The van der Waals surface area contributed by atoms with Crippen LogP contribution in [0.1, 0.15) is 45.6 Å². The van der Waals surface area contributed by atoms with Gasteiger partial charge in [0.1, 0.15) is 23.3 Å². The highest BCUT2D eigenvalue weighted by atomic mass is 19.4. The second kappa shape index (κ2) is 13.8. The monoisotopic (exact) mass is 682 g/mol. The van der Waals surface area contributed by atoms with E-state index in [9.17, 15) is 61.0 Å². The maximum absolute atomic E-state index is 13.4. The van der Waals surface area contributed by atoms with Crippen molar-refractivity contribution in [2.75, 3.05) is 0 Å². The zero-order valence-electron chi connectivity index (χ0n) is 23.8. The van der Waals surface area contributed by atoms with Gasteiger partial charge in [-0.25, -0.2) is 4.79 Å². The topological polar surface area (TPSA) is 188 Å². The lowest BCUT2D eigenvalue weighted by Gasteiger charge is -2.22. The maximum atomic E-state index is 13.4. The van der Waals surface area contributed by atoms with Crippen molar-refractivity contribution in [3.8, 4) is 0 Å². The number of non-ortho nitro benzene ring substituents is 2. The molecular weight excluding hydrogens is 662 g/mol. The quantitative estimate of drug-likeness (QED) is 0.0833. The standard InChI is InChI=1S/C29H20F6N4O9/c30-28(31,32)21-9-15(13-36-25(21)40)11-23(17-1-5-19(6-2-17)38(43)44)47-27(42)48-24(18-3-7-20(8-4-18)39(45)46)12-16-10-22(29(33,34)35)26(41)37-14-16/h1-10,13-14,23-24H,11-12H2,(H,36,40)(H,37,41). The second-order valence-corrected chi connectivity index (χ2v) is 10.1. The lowest BCUT2D eigenvalue weighted by molar-refractivity contribution is -0.385. The number of H-pyrrole nitrogens is 2. The molecule has 2 N–H and O–H groups in total. The molecule has 0 saturated heterocycles. The lowest BCUT2D eigenvalue weighted by atomic mass is 10.0. The highest BCUT2D eigenvalue weighted by Crippen LogP contribution is 2.32. The predicted molar refractivity (Wildman–Crippen MR) is 151 cm³/mol. The molecule has 0 fully saturated rings. The minimum absolute atomic E-state index is 0.0413. The fraction of sp³-hybridized carbons (Fsp3) is 0.207. The van der Waals surface area contributed by atoms with E-state index in [1.165, 1.54) is 0 Å². The molecule has 2 heterocycles. The van der Waals surface area contributed by atoms with Crippen molar-refractivity contribution < 1.29 is 50.5 Å². The van der Waals surface area contributed by atoms with E-state index in [1.54, 1.807) is 0 Å². The Morgan fingerprint density at radius 2 is 1.00 bits per heavy atom. The van der Waals surface area contributed by atoms with E-state index in [0.29, 0.717) is 12.1 Å². The summed E-state index contributed by atoms with van der Waals surface area (Å²) in [5.74, 6) is 0. The van der Waals surface area contributed by atoms with Crippen LogP contribution in [0.4, 0.5) is 42.5 Å². The molecule has 0 amide bonds. The molecule has 0 aliphatic heterocycles. The Hall–Kier alpha value is -6.01. The number of alkyl halides is 6. The number of carbonyl (C=O) groups is 1. The molecule has 13 nitrogen and oxygen atoms in total. The molecule has 0 aliphatic carbocycles. The van der Waals surface area contributed by atoms with E-state index in [2.05, 4.69) is 0 Å². The van der Waals surface area contributed by atoms with Crippen LogP contribution in [0.5, 0.6) is 0 Å². The van der Waals surface area contributed by atoms with Crippen LogP contribution >= 0.6 is 0 Å². The van der Waals surface area contributed by atoms with Gasteiger partial charge < -0.3 is 19.4 Å². The van der Waals surface area contributed by atoms with Crippen LogP contribution in [0.25, 0.3) is 0 Å². The van der Waals surface area contributed by atoms with Gasteiger partial charge in [0, 0.05) is 49.5 Å². The zero-order chi connectivity index (χ0) is 35.4. The third-order valence-electron chi connectivity index (χ3n) is 6.81. The summed E-state index contributed by atoms with van der Waals surface area (Å²) in [5.41, 5.74) is -7.03. The molecular formula is C29H20F6N4O9. The smallest absolute Gasteiger partial charge is 0.426 e. The number of rotatable bonds is 10.